The van der Waals surface area contributed by atoms with Crippen LogP contribution < -0.4 is 0 Å². The minimum Gasteiger partial charge on any atom is -0.602 e. The molecule has 20 heavy (non-hydrogen) atoms. The Morgan fingerprint density at radius 3 is 1.65 bits per heavy atom. The maximum Gasteiger partial charge on any atom is 0.330 e. The summed E-state index contributed by atoms with van der Waals surface area (Å²) in [5.41, 5.74) is 3.33. The molecule has 2 aromatic heterocycles. The number of para-hydroxylation sites is 4. The molecule has 0 bridgehead atoms. The SMILES string of the molecule is [O-][S+](c1nc2ccccc2[nH]1)c1nc2ccccc2[nH]1. The number of hydrogen-bond acceptors (Lipinski definition) is 3. The van der Waals surface area contributed by atoms with Crippen LogP contribution in [0.25, 0.3) is 22.1 Å². The van der Waals surface area contributed by atoms with Crippen LogP contribution in [-0.4, -0.2) is 24.5 Å². The first-order valence-corrected chi connectivity index (χ1v) is 7.27. The third-order valence-electron chi connectivity index (χ3n) is 3.09. The Morgan fingerprint density at radius 2 is 1.20 bits per heavy atom. The van der Waals surface area contributed by atoms with E-state index in [1.165, 1.54) is 0 Å². The molecule has 0 saturated heterocycles. The number of nitrogens with zero attached hydrogens (tertiary/aromatic N) is 2. The first-order chi connectivity index (χ1) is 9.81. The number of hydrogen-bond donors (Lipinski definition) is 2. The summed E-state index contributed by atoms with van der Waals surface area (Å²) in [4.78, 5) is 14.8. The van der Waals surface area contributed by atoms with Crippen molar-refractivity contribution in [1.29, 1.82) is 0 Å². The number of benzene rings is 2. The van der Waals surface area contributed by atoms with Crippen molar-refractivity contribution < 1.29 is 4.55 Å². The van der Waals surface area contributed by atoms with E-state index in [2.05, 4.69) is 19.9 Å². The fraction of sp³-hybridized carbons (Fsp3) is 0. The van der Waals surface area contributed by atoms with E-state index >= 15 is 0 Å². The molecule has 0 atom stereocenters. The Hall–Kier alpha value is -2.31. The molecule has 2 aromatic carbocycles. The van der Waals surface area contributed by atoms with Crippen LogP contribution in [0.3, 0.4) is 0 Å². The lowest BCUT2D eigenvalue weighted by atomic mass is 10.3. The van der Waals surface area contributed by atoms with Gasteiger partial charge in [-0.05, 0) is 24.3 Å². The zero-order valence-electron chi connectivity index (χ0n) is 10.3. The summed E-state index contributed by atoms with van der Waals surface area (Å²) < 4.78 is 12.5. The molecule has 0 spiro atoms. The molecule has 0 aliphatic carbocycles. The molecule has 6 heteroatoms. The van der Waals surface area contributed by atoms with Gasteiger partial charge in [0.25, 0.3) is 0 Å². The highest BCUT2D eigenvalue weighted by atomic mass is 32.2. The second-order valence-corrected chi connectivity index (χ2v) is 5.70. The van der Waals surface area contributed by atoms with Gasteiger partial charge in [0, 0.05) is 0 Å². The van der Waals surface area contributed by atoms with E-state index in [0.29, 0.717) is 10.3 Å². The summed E-state index contributed by atoms with van der Waals surface area (Å²) in [7, 11) is 0. The summed E-state index contributed by atoms with van der Waals surface area (Å²) in [6.45, 7) is 0. The van der Waals surface area contributed by atoms with E-state index in [-0.39, 0.29) is 0 Å². The summed E-state index contributed by atoms with van der Waals surface area (Å²) in [5, 5.41) is 0.815. The Labute approximate surface area is 117 Å². The second-order valence-electron chi connectivity index (χ2n) is 4.39. The zero-order valence-corrected chi connectivity index (χ0v) is 11.1. The quantitative estimate of drug-likeness (QED) is 0.554. The molecule has 2 heterocycles. The van der Waals surface area contributed by atoms with Crippen LogP contribution in [0.15, 0.2) is 58.8 Å². The van der Waals surface area contributed by atoms with E-state index < -0.39 is 11.2 Å². The van der Waals surface area contributed by atoms with Crippen molar-refractivity contribution in [1.82, 2.24) is 19.9 Å². The third-order valence-corrected chi connectivity index (χ3v) is 4.18. The summed E-state index contributed by atoms with van der Waals surface area (Å²) >= 11 is -1.45. The number of H-pyrrole nitrogens is 2. The van der Waals surface area contributed by atoms with Gasteiger partial charge >= 0.3 is 10.3 Å². The van der Waals surface area contributed by atoms with Gasteiger partial charge in [-0.1, -0.05) is 24.3 Å². The van der Waals surface area contributed by atoms with Crippen LogP contribution in [0.5, 0.6) is 0 Å². The molecule has 0 saturated carbocycles. The van der Waals surface area contributed by atoms with Crippen LogP contribution >= 0.6 is 0 Å². The normalized spacial score (nSPS) is 11.7. The highest BCUT2D eigenvalue weighted by Gasteiger charge is 2.23. The summed E-state index contributed by atoms with van der Waals surface area (Å²) in [5.74, 6) is 0. The number of nitrogens with one attached hydrogen (secondary N) is 2. The van der Waals surface area contributed by atoms with Crippen molar-refractivity contribution in [2.45, 2.75) is 10.3 Å². The van der Waals surface area contributed by atoms with Crippen molar-refractivity contribution in [2.24, 2.45) is 0 Å². The Kier molecular flexibility index (Phi) is 2.51. The molecule has 4 aromatic rings. The number of fused-ring (bicyclic) bond motifs is 2. The molecule has 0 amide bonds. The van der Waals surface area contributed by atoms with Crippen molar-refractivity contribution in [3.8, 4) is 0 Å². The highest BCUT2D eigenvalue weighted by molar-refractivity contribution is 7.91. The summed E-state index contributed by atoms with van der Waals surface area (Å²) in [6.07, 6.45) is 0. The van der Waals surface area contributed by atoms with Crippen molar-refractivity contribution in [2.75, 3.05) is 0 Å². The first kappa shape index (κ1) is 11.5. The van der Waals surface area contributed by atoms with E-state index in [4.69, 9.17) is 0 Å². The molecular formula is C14H10N4OS. The Balaban J connectivity index is 1.80. The van der Waals surface area contributed by atoms with Crippen LogP contribution in [0, 0.1) is 0 Å². The smallest absolute Gasteiger partial charge is 0.330 e. The molecule has 5 nitrogen and oxygen atoms in total. The van der Waals surface area contributed by atoms with Crippen molar-refractivity contribution in [3.63, 3.8) is 0 Å². The number of imidazole rings is 2. The molecule has 4 rings (SSSR count). The Morgan fingerprint density at radius 1 is 0.750 bits per heavy atom. The lowest BCUT2D eigenvalue weighted by Gasteiger charge is -2.00. The van der Waals surface area contributed by atoms with Crippen LogP contribution in [0.1, 0.15) is 0 Å². The van der Waals surface area contributed by atoms with Gasteiger partial charge in [-0.3, -0.25) is 9.97 Å². The minimum atomic E-state index is -1.45. The van der Waals surface area contributed by atoms with Gasteiger partial charge in [0.05, 0.1) is 22.1 Å². The average Bonchev–Trinajstić information content (AvgIpc) is 3.10. The van der Waals surface area contributed by atoms with Gasteiger partial charge < -0.3 is 4.55 Å². The fourth-order valence-corrected chi connectivity index (χ4v) is 3.08. The van der Waals surface area contributed by atoms with E-state index in [0.717, 1.165) is 22.1 Å². The largest absolute Gasteiger partial charge is 0.602 e. The van der Waals surface area contributed by atoms with Crippen molar-refractivity contribution in [3.05, 3.63) is 48.5 Å². The molecule has 0 radical (unpaired) electrons. The maximum absolute atomic E-state index is 12.5. The van der Waals surface area contributed by atoms with E-state index in [9.17, 15) is 4.55 Å². The number of aromatic nitrogens is 4. The lowest BCUT2D eigenvalue weighted by molar-refractivity contribution is 0.581. The molecule has 2 N–H and O–H groups in total. The van der Waals surface area contributed by atoms with Crippen LogP contribution in [-0.2, 0) is 11.2 Å². The van der Waals surface area contributed by atoms with E-state index in [1.54, 1.807) is 0 Å². The van der Waals surface area contributed by atoms with Crippen LogP contribution in [0.2, 0.25) is 0 Å². The highest BCUT2D eigenvalue weighted by Crippen LogP contribution is 2.21. The Bertz CT molecular complexity index is 758. The van der Waals surface area contributed by atoms with Gasteiger partial charge in [-0.15, -0.1) is 0 Å². The zero-order chi connectivity index (χ0) is 13.5. The first-order valence-electron chi connectivity index (χ1n) is 6.12. The standard InChI is InChI=1S/C14H10N4OS/c19-20(13-15-9-5-1-2-6-10(9)16-13)14-17-11-7-3-4-8-12(11)18-14/h1-8H,(H,15,16)(H,17,18). The molecule has 0 aliphatic rings. The average molecular weight is 282 g/mol. The number of aromatic amines is 2. The molecule has 0 aliphatic heterocycles. The monoisotopic (exact) mass is 282 g/mol. The predicted molar refractivity (Wildman–Crippen MR) is 76.9 cm³/mol. The predicted octanol–water partition coefficient (Wildman–Crippen LogP) is 2.61. The molecule has 98 valence electrons. The third kappa shape index (κ3) is 1.77. The number of rotatable bonds is 2. The van der Waals surface area contributed by atoms with Crippen molar-refractivity contribution >= 4 is 33.2 Å². The molecule has 0 unspecified atom stereocenters. The second kappa shape index (κ2) is 4.36. The minimum absolute atomic E-state index is 0.408. The van der Waals surface area contributed by atoms with Gasteiger partial charge in [0.1, 0.15) is 11.2 Å². The molecule has 0 fully saturated rings. The van der Waals surface area contributed by atoms with Gasteiger partial charge in [-0.25, -0.2) is 0 Å². The van der Waals surface area contributed by atoms with Gasteiger partial charge in [-0.2, -0.15) is 9.97 Å². The van der Waals surface area contributed by atoms with E-state index in [1.807, 2.05) is 48.5 Å². The maximum atomic E-state index is 12.5. The van der Waals surface area contributed by atoms with Gasteiger partial charge in [0.15, 0.2) is 0 Å². The topological polar surface area (TPSA) is 80.4 Å². The fourth-order valence-electron chi connectivity index (χ4n) is 2.13. The van der Waals surface area contributed by atoms with Crippen LogP contribution in [0.4, 0.5) is 0 Å². The summed E-state index contributed by atoms with van der Waals surface area (Å²) in [6, 6.07) is 15.2. The molecular weight excluding hydrogens is 272 g/mol. The van der Waals surface area contributed by atoms with Gasteiger partial charge in [0.2, 0.25) is 0 Å². The lowest BCUT2D eigenvalue weighted by Crippen LogP contribution is -2.06.